The first-order chi connectivity index (χ1) is 8.22. The van der Waals surface area contributed by atoms with E-state index in [2.05, 4.69) is 34.3 Å². The van der Waals surface area contributed by atoms with Crippen LogP contribution in [0, 0.1) is 5.92 Å². The van der Waals surface area contributed by atoms with Crippen molar-refractivity contribution in [2.45, 2.75) is 43.8 Å². The lowest BCUT2D eigenvalue weighted by atomic mass is 9.85. The molecule has 1 aliphatic heterocycles. The molecule has 1 aliphatic carbocycles. The van der Waals surface area contributed by atoms with E-state index in [1.807, 2.05) is 7.05 Å². The summed E-state index contributed by atoms with van der Waals surface area (Å²) in [5.74, 6) is 3.17. The van der Waals surface area contributed by atoms with Crippen LogP contribution in [-0.2, 0) is 0 Å². The normalized spacial score (nSPS) is 28.4. The Morgan fingerprint density at radius 2 is 2.11 bits per heavy atom. The van der Waals surface area contributed by atoms with E-state index in [1.54, 1.807) is 0 Å². The first-order valence-corrected chi connectivity index (χ1v) is 7.79. The van der Waals surface area contributed by atoms with Gasteiger partial charge in [0, 0.05) is 24.9 Å². The molecule has 1 unspecified atom stereocenters. The monoisotopic (exact) mass is 383 g/mol. The highest BCUT2D eigenvalue weighted by Gasteiger charge is 2.29. The maximum Gasteiger partial charge on any atom is 0.191 e. The Morgan fingerprint density at radius 3 is 2.61 bits per heavy atom. The average Bonchev–Trinajstić information content (AvgIpc) is 2.68. The molecule has 3 nitrogen and oxygen atoms in total. The third kappa shape index (κ3) is 4.79. The Balaban J connectivity index is 0.00000162. The molecular formula is C13H26IN3S. The molecule has 1 atom stereocenters. The van der Waals surface area contributed by atoms with Crippen molar-refractivity contribution in [2.75, 3.05) is 25.9 Å². The van der Waals surface area contributed by atoms with Gasteiger partial charge in [-0.15, -0.1) is 24.0 Å². The number of hydrogen-bond donors (Lipinski definition) is 2. The zero-order valence-electron chi connectivity index (χ0n) is 11.5. The van der Waals surface area contributed by atoms with Gasteiger partial charge in [-0.2, -0.15) is 11.8 Å². The van der Waals surface area contributed by atoms with Crippen LogP contribution in [-0.4, -0.2) is 36.6 Å². The molecule has 2 aliphatic rings. The molecular weight excluding hydrogens is 357 g/mol. The van der Waals surface area contributed by atoms with E-state index in [1.165, 1.54) is 37.9 Å². The number of rotatable bonds is 4. The molecule has 106 valence electrons. The van der Waals surface area contributed by atoms with Crippen molar-refractivity contribution < 1.29 is 0 Å². The number of guanidine groups is 1. The summed E-state index contributed by atoms with van der Waals surface area (Å²) in [7, 11) is 1.86. The zero-order valence-corrected chi connectivity index (χ0v) is 14.6. The van der Waals surface area contributed by atoms with Crippen LogP contribution >= 0.6 is 35.7 Å². The quantitative estimate of drug-likeness (QED) is 0.445. The van der Waals surface area contributed by atoms with Crippen molar-refractivity contribution in [3.05, 3.63) is 0 Å². The van der Waals surface area contributed by atoms with E-state index in [9.17, 15) is 0 Å². The summed E-state index contributed by atoms with van der Waals surface area (Å²) in [5.41, 5.74) is 0. The van der Waals surface area contributed by atoms with Gasteiger partial charge in [0.25, 0.3) is 0 Å². The fourth-order valence-corrected chi connectivity index (χ4v) is 3.65. The average molecular weight is 383 g/mol. The SMILES string of the molecule is CN=C(NCC1CCC1)NCC1(C)CCCS1.I. The van der Waals surface area contributed by atoms with Gasteiger partial charge in [-0.3, -0.25) is 4.99 Å². The zero-order chi connectivity index (χ0) is 12.1. The van der Waals surface area contributed by atoms with Gasteiger partial charge >= 0.3 is 0 Å². The molecule has 1 saturated carbocycles. The minimum atomic E-state index is 0. The van der Waals surface area contributed by atoms with Gasteiger partial charge in [0.1, 0.15) is 0 Å². The van der Waals surface area contributed by atoms with Crippen molar-refractivity contribution in [3.8, 4) is 0 Å². The Morgan fingerprint density at radius 1 is 1.33 bits per heavy atom. The maximum absolute atomic E-state index is 4.30. The molecule has 0 radical (unpaired) electrons. The van der Waals surface area contributed by atoms with E-state index >= 15 is 0 Å². The lowest BCUT2D eigenvalue weighted by molar-refractivity contribution is 0.314. The van der Waals surface area contributed by atoms with Crippen LogP contribution in [0.4, 0.5) is 0 Å². The second-order valence-corrected chi connectivity index (χ2v) is 7.19. The second kappa shape index (κ2) is 7.82. The van der Waals surface area contributed by atoms with E-state index in [-0.39, 0.29) is 24.0 Å². The summed E-state index contributed by atoms with van der Waals surface area (Å²) < 4.78 is 0.411. The molecule has 1 saturated heterocycles. The third-order valence-electron chi connectivity index (χ3n) is 3.94. The van der Waals surface area contributed by atoms with Gasteiger partial charge in [-0.05, 0) is 44.3 Å². The highest BCUT2D eigenvalue weighted by molar-refractivity contribution is 14.0. The smallest absolute Gasteiger partial charge is 0.191 e. The molecule has 1 heterocycles. The van der Waals surface area contributed by atoms with Gasteiger partial charge in [0.05, 0.1) is 0 Å². The summed E-state index contributed by atoms with van der Waals surface area (Å²) in [6, 6.07) is 0. The topological polar surface area (TPSA) is 36.4 Å². The van der Waals surface area contributed by atoms with Crippen molar-refractivity contribution in [3.63, 3.8) is 0 Å². The molecule has 0 aromatic rings. The predicted octanol–water partition coefficient (Wildman–Crippen LogP) is 2.86. The molecule has 0 spiro atoms. The van der Waals surface area contributed by atoms with Crippen LogP contribution in [0.1, 0.15) is 39.0 Å². The Labute approximate surface area is 132 Å². The number of nitrogens with one attached hydrogen (secondary N) is 2. The molecule has 18 heavy (non-hydrogen) atoms. The Bertz CT molecular complexity index is 273. The van der Waals surface area contributed by atoms with E-state index in [0.29, 0.717) is 4.75 Å². The van der Waals surface area contributed by atoms with Gasteiger partial charge in [-0.1, -0.05) is 6.42 Å². The van der Waals surface area contributed by atoms with Gasteiger partial charge < -0.3 is 10.6 Å². The maximum atomic E-state index is 4.30. The molecule has 2 rings (SSSR count). The van der Waals surface area contributed by atoms with Crippen LogP contribution in [0.2, 0.25) is 0 Å². The fraction of sp³-hybridized carbons (Fsp3) is 0.923. The van der Waals surface area contributed by atoms with Gasteiger partial charge in [0.15, 0.2) is 5.96 Å². The van der Waals surface area contributed by atoms with Crippen LogP contribution in [0.15, 0.2) is 4.99 Å². The summed E-state index contributed by atoms with van der Waals surface area (Å²) in [6.07, 6.45) is 6.86. The van der Waals surface area contributed by atoms with Crippen LogP contribution in [0.25, 0.3) is 0 Å². The van der Waals surface area contributed by atoms with Crippen molar-refractivity contribution in [2.24, 2.45) is 10.9 Å². The number of hydrogen-bond acceptors (Lipinski definition) is 2. The van der Waals surface area contributed by atoms with E-state index < -0.39 is 0 Å². The highest BCUT2D eigenvalue weighted by atomic mass is 127. The Hall–Kier alpha value is 0.350. The van der Waals surface area contributed by atoms with E-state index in [0.717, 1.165) is 25.0 Å². The fourth-order valence-electron chi connectivity index (χ4n) is 2.41. The number of aliphatic imine (C=N–C) groups is 1. The van der Waals surface area contributed by atoms with Crippen molar-refractivity contribution >= 4 is 41.7 Å². The minimum absolute atomic E-state index is 0. The summed E-state index contributed by atoms with van der Waals surface area (Å²) >= 11 is 2.09. The number of nitrogens with zero attached hydrogens (tertiary/aromatic N) is 1. The molecule has 0 amide bonds. The molecule has 5 heteroatoms. The molecule has 2 fully saturated rings. The lowest BCUT2D eigenvalue weighted by Gasteiger charge is -2.28. The Kier molecular flexibility index (Phi) is 7.13. The van der Waals surface area contributed by atoms with Gasteiger partial charge in [-0.25, -0.2) is 0 Å². The first-order valence-electron chi connectivity index (χ1n) is 6.80. The van der Waals surface area contributed by atoms with E-state index in [4.69, 9.17) is 0 Å². The van der Waals surface area contributed by atoms with Crippen molar-refractivity contribution in [1.29, 1.82) is 0 Å². The lowest BCUT2D eigenvalue weighted by Crippen LogP contribution is -2.45. The van der Waals surface area contributed by atoms with Gasteiger partial charge in [0.2, 0.25) is 0 Å². The molecule has 0 bridgehead atoms. The van der Waals surface area contributed by atoms with Crippen LogP contribution < -0.4 is 10.6 Å². The standard InChI is InChI=1S/C13H25N3S.HI/c1-13(7-4-8-17-13)10-16-12(14-2)15-9-11-5-3-6-11;/h11H,3-10H2,1-2H3,(H2,14,15,16);1H. The summed E-state index contributed by atoms with van der Waals surface area (Å²) in [4.78, 5) is 4.30. The van der Waals surface area contributed by atoms with Crippen molar-refractivity contribution in [1.82, 2.24) is 10.6 Å². The van der Waals surface area contributed by atoms with Crippen LogP contribution in [0.5, 0.6) is 0 Å². The second-order valence-electron chi connectivity index (χ2n) is 5.51. The summed E-state index contributed by atoms with van der Waals surface area (Å²) in [5, 5.41) is 6.92. The number of thioether (sulfide) groups is 1. The highest BCUT2D eigenvalue weighted by Crippen LogP contribution is 2.36. The third-order valence-corrected chi connectivity index (χ3v) is 5.47. The summed E-state index contributed by atoms with van der Waals surface area (Å²) in [6.45, 7) is 4.47. The minimum Gasteiger partial charge on any atom is -0.356 e. The molecule has 0 aromatic heterocycles. The van der Waals surface area contributed by atoms with Crippen LogP contribution in [0.3, 0.4) is 0 Å². The molecule has 0 aromatic carbocycles. The predicted molar refractivity (Wildman–Crippen MR) is 92.2 cm³/mol. The first kappa shape index (κ1) is 16.4. The largest absolute Gasteiger partial charge is 0.356 e. The molecule has 2 N–H and O–H groups in total. The number of halogens is 1.